The van der Waals surface area contributed by atoms with Crippen molar-refractivity contribution in [1.82, 2.24) is 4.90 Å². The molecule has 0 heterocycles. The normalized spacial score (nSPS) is 20.8. The van der Waals surface area contributed by atoms with E-state index in [-0.39, 0.29) is 23.8 Å². The number of carbonyl (C=O) groups is 2. The van der Waals surface area contributed by atoms with E-state index < -0.39 is 0 Å². The molecular formula is C44H69NO4. The lowest BCUT2D eigenvalue weighted by molar-refractivity contribution is -0.149. The summed E-state index contributed by atoms with van der Waals surface area (Å²) < 4.78 is 11.7. The molecule has 0 radical (unpaired) electrons. The average Bonchev–Trinajstić information content (AvgIpc) is 3.07. The summed E-state index contributed by atoms with van der Waals surface area (Å²) in [7, 11) is 0. The molecule has 0 N–H and O–H groups in total. The van der Waals surface area contributed by atoms with Crippen molar-refractivity contribution >= 4 is 11.9 Å². The summed E-state index contributed by atoms with van der Waals surface area (Å²) in [6, 6.07) is 0. The zero-order valence-electron chi connectivity index (χ0n) is 32.1. The number of allylic oxidation sites excluding steroid dienone is 12. The minimum atomic E-state index is -0.0605. The summed E-state index contributed by atoms with van der Waals surface area (Å²) in [4.78, 5) is 28.3. The summed E-state index contributed by atoms with van der Waals surface area (Å²) >= 11 is 0. The van der Waals surface area contributed by atoms with E-state index >= 15 is 0 Å². The highest BCUT2D eigenvalue weighted by molar-refractivity contribution is 5.73. The van der Waals surface area contributed by atoms with Crippen molar-refractivity contribution in [2.75, 3.05) is 32.8 Å². The molecule has 0 saturated heterocycles. The number of hydrogen-bond donors (Lipinski definition) is 0. The maximum Gasteiger partial charge on any atom is 0.309 e. The van der Waals surface area contributed by atoms with Crippen molar-refractivity contribution in [1.29, 1.82) is 0 Å². The van der Waals surface area contributed by atoms with Crippen LogP contribution in [0.1, 0.15) is 144 Å². The first-order valence-corrected chi connectivity index (χ1v) is 19.6. The summed E-state index contributed by atoms with van der Waals surface area (Å²) in [5, 5.41) is 0. The van der Waals surface area contributed by atoms with Crippen LogP contribution in [0.15, 0.2) is 69.9 Å². The predicted octanol–water partition coefficient (Wildman–Crippen LogP) is 11.2. The third-order valence-electron chi connectivity index (χ3n) is 10.5. The molecule has 0 spiro atoms. The van der Waals surface area contributed by atoms with Gasteiger partial charge in [-0.3, -0.25) is 14.5 Å². The molecule has 49 heavy (non-hydrogen) atoms. The van der Waals surface area contributed by atoms with Gasteiger partial charge in [0.05, 0.1) is 11.8 Å². The van der Waals surface area contributed by atoms with Gasteiger partial charge in [0.2, 0.25) is 0 Å². The second-order valence-electron chi connectivity index (χ2n) is 15.6. The number of rotatable bonds is 20. The Morgan fingerprint density at radius 1 is 0.612 bits per heavy atom. The molecule has 0 aromatic rings. The van der Waals surface area contributed by atoms with E-state index in [0.29, 0.717) is 32.2 Å². The van der Waals surface area contributed by atoms with E-state index in [1.54, 1.807) is 5.57 Å². The molecule has 3 rings (SSSR count). The fourth-order valence-electron chi connectivity index (χ4n) is 7.22. The zero-order chi connectivity index (χ0) is 35.4. The number of esters is 2. The van der Waals surface area contributed by atoms with Crippen LogP contribution >= 0.6 is 0 Å². The molecule has 0 amide bonds. The highest BCUT2D eigenvalue weighted by Crippen LogP contribution is 2.30. The fraction of sp³-hybridized carbons (Fsp3) is 0.682. The number of hydrogen-bond acceptors (Lipinski definition) is 5. The Labute approximate surface area is 300 Å². The molecule has 5 nitrogen and oxygen atoms in total. The molecule has 0 fully saturated rings. The maximum atomic E-state index is 13.0. The molecule has 3 atom stereocenters. The third kappa shape index (κ3) is 17.2. The monoisotopic (exact) mass is 676 g/mol. The first-order valence-electron chi connectivity index (χ1n) is 19.6. The van der Waals surface area contributed by atoms with Crippen LogP contribution in [-0.2, 0) is 19.1 Å². The van der Waals surface area contributed by atoms with Gasteiger partial charge in [-0.05, 0) is 157 Å². The van der Waals surface area contributed by atoms with Gasteiger partial charge in [0, 0.05) is 13.1 Å². The van der Waals surface area contributed by atoms with Gasteiger partial charge in [-0.25, -0.2) is 0 Å². The largest absolute Gasteiger partial charge is 0.464 e. The van der Waals surface area contributed by atoms with Crippen LogP contribution in [0, 0.1) is 17.8 Å². The molecule has 274 valence electrons. The molecule has 5 heteroatoms. The summed E-state index contributed by atoms with van der Waals surface area (Å²) in [5.41, 5.74) is 8.69. The van der Waals surface area contributed by atoms with Gasteiger partial charge in [-0.15, -0.1) is 0 Å². The lowest BCUT2D eigenvalue weighted by Gasteiger charge is -2.27. The second-order valence-corrected chi connectivity index (χ2v) is 15.6. The van der Waals surface area contributed by atoms with Gasteiger partial charge in [-0.1, -0.05) is 69.9 Å². The van der Waals surface area contributed by atoms with E-state index in [1.165, 1.54) is 47.1 Å². The van der Waals surface area contributed by atoms with Crippen LogP contribution in [-0.4, -0.2) is 49.7 Å². The average molecular weight is 676 g/mol. The Morgan fingerprint density at radius 2 is 1.02 bits per heavy atom. The Bertz CT molecular complexity index is 1150. The molecule has 0 bridgehead atoms. The minimum absolute atomic E-state index is 0.0288. The van der Waals surface area contributed by atoms with E-state index in [0.717, 1.165) is 90.0 Å². The van der Waals surface area contributed by atoms with Crippen LogP contribution in [0.3, 0.4) is 0 Å². The number of nitrogens with zero attached hydrogens (tertiary/aromatic N) is 1. The van der Waals surface area contributed by atoms with Crippen molar-refractivity contribution in [3.05, 3.63) is 69.9 Å². The first kappa shape index (κ1) is 40.8. The second kappa shape index (κ2) is 22.9. The highest BCUT2D eigenvalue weighted by atomic mass is 16.5. The molecule has 3 aliphatic rings. The van der Waals surface area contributed by atoms with Crippen molar-refractivity contribution in [2.24, 2.45) is 17.8 Å². The van der Waals surface area contributed by atoms with Gasteiger partial charge in [0.25, 0.3) is 0 Å². The van der Waals surface area contributed by atoms with Crippen LogP contribution < -0.4 is 0 Å². The molecule has 0 saturated carbocycles. The van der Waals surface area contributed by atoms with Crippen molar-refractivity contribution in [2.45, 2.75) is 144 Å². The van der Waals surface area contributed by atoms with Gasteiger partial charge < -0.3 is 9.47 Å². The van der Waals surface area contributed by atoms with Crippen molar-refractivity contribution in [3.63, 3.8) is 0 Å². The van der Waals surface area contributed by atoms with Crippen molar-refractivity contribution < 1.29 is 19.1 Å². The van der Waals surface area contributed by atoms with Crippen LogP contribution in [0.4, 0.5) is 0 Å². The highest BCUT2D eigenvalue weighted by Gasteiger charge is 2.25. The Kier molecular flexibility index (Phi) is 19.1. The topological polar surface area (TPSA) is 55.8 Å². The summed E-state index contributed by atoms with van der Waals surface area (Å²) in [5.74, 6) is 0.502. The Morgan fingerprint density at radius 3 is 1.37 bits per heavy atom. The summed E-state index contributed by atoms with van der Waals surface area (Å²) in [6.45, 7) is 16.0. The van der Waals surface area contributed by atoms with Crippen LogP contribution in [0.5, 0.6) is 0 Å². The van der Waals surface area contributed by atoms with Gasteiger partial charge in [0.1, 0.15) is 13.2 Å². The quantitative estimate of drug-likeness (QED) is 0.0949. The van der Waals surface area contributed by atoms with Gasteiger partial charge >= 0.3 is 11.9 Å². The molecule has 0 aliphatic heterocycles. The van der Waals surface area contributed by atoms with Gasteiger partial charge in [-0.2, -0.15) is 0 Å². The van der Waals surface area contributed by atoms with E-state index in [2.05, 4.69) is 82.9 Å². The third-order valence-corrected chi connectivity index (χ3v) is 10.5. The molecule has 3 aliphatic carbocycles. The minimum Gasteiger partial charge on any atom is -0.464 e. The molecule has 0 aromatic heterocycles. The zero-order valence-corrected chi connectivity index (χ0v) is 32.1. The van der Waals surface area contributed by atoms with E-state index in [1.807, 2.05) is 0 Å². The van der Waals surface area contributed by atoms with E-state index in [4.69, 9.17) is 9.47 Å². The van der Waals surface area contributed by atoms with E-state index in [9.17, 15) is 9.59 Å². The standard InChI is InChI=1S/C44H69NO4/c1-34(2)10-7-13-37-16-18-40(19-17-37)28-29-45(30-32-48-43(46)41-24-20-38(21-25-41)14-8-11-35(3)4)31-33-49-44(47)42-26-22-39(23-27-42)15-9-12-36(5)6/h10-12,16,20,22,40-42H,7-9,13-15,17-19,21,23-33H2,1-6H3. The fourth-order valence-corrected chi connectivity index (χ4v) is 7.22. The predicted molar refractivity (Wildman–Crippen MR) is 205 cm³/mol. The lowest BCUT2D eigenvalue weighted by atomic mass is 9.85. The van der Waals surface area contributed by atoms with Crippen molar-refractivity contribution in [3.8, 4) is 0 Å². The smallest absolute Gasteiger partial charge is 0.309 e. The molecular weight excluding hydrogens is 606 g/mol. The number of carbonyl (C=O) groups excluding carboxylic acids is 2. The summed E-state index contributed by atoms with van der Waals surface area (Å²) in [6.07, 6.45) is 30.7. The van der Waals surface area contributed by atoms with Crippen LogP contribution in [0.25, 0.3) is 0 Å². The van der Waals surface area contributed by atoms with Crippen LogP contribution in [0.2, 0.25) is 0 Å². The number of ether oxygens (including phenoxy) is 2. The molecule has 0 aromatic carbocycles. The Hall–Kier alpha value is -2.66. The SMILES string of the molecule is CC(C)=CCCC1=CCC(CCN(CCOC(=O)C2CC=C(CCC=C(C)C)CC2)CCOC(=O)C2CC=C(CCC=C(C)C)CC2)CC1. The lowest BCUT2D eigenvalue weighted by Crippen LogP contribution is -2.35. The maximum absolute atomic E-state index is 13.0. The van der Waals surface area contributed by atoms with Gasteiger partial charge in [0.15, 0.2) is 0 Å². The first-order chi connectivity index (χ1) is 23.6. The Balaban J connectivity index is 1.45. The molecule has 3 unspecified atom stereocenters.